The predicted molar refractivity (Wildman–Crippen MR) is 66.8 cm³/mol. The molecule has 0 saturated heterocycles. The number of aromatic carboxylic acids is 1. The van der Waals surface area contributed by atoms with Gasteiger partial charge in [0.05, 0.1) is 11.0 Å². The van der Waals surface area contributed by atoms with Gasteiger partial charge in [0.1, 0.15) is 5.56 Å². The quantitative estimate of drug-likeness (QED) is 0.635. The minimum atomic E-state index is -1.23. The normalized spacial score (nSPS) is 10.9. The average Bonchev–Trinajstić information content (AvgIpc) is 2.38. The van der Waals surface area contributed by atoms with Gasteiger partial charge in [-0.15, -0.1) is 0 Å². The van der Waals surface area contributed by atoms with Gasteiger partial charge in [-0.1, -0.05) is 0 Å². The van der Waals surface area contributed by atoms with Crippen LogP contribution in [0.2, 0.25) is 0 Å². The third kappa shape index (κ3) is 1.37. The molecule has 0 radical (unpaired) electrons. The molecule has 0 fully saturated rings. The zero-order chi connectivity index (χ0) is 12.7. The first-order valence-electron chi connectivity index (χ1n) is 5.31. The van der Waals surface area contributed by atoms with Gasteiger partial charge in [-0.2, -0.15) is 0 Å². The van der Waals surface area contributed by atoms with Crippen molar-refractivity contribution in [2.24, 2.45) is 0 Å². The standard InChI is InChI=1S/C13H8N2O3/c16-12-8-3-4-10-7(2-1-5-14-10)11(8)15-6-9(12)13(17)18/h1-6H,(H,15,16)(H,17,18). The molecule has 88 valence electrons. The lowest BCUT2D eigenvalue weighted by Gasteiger charge is -2.03. The van der Waals surface area contributed by atoms with Gasteiger partial charge in [0.15, 0.2) is 0 Å². The summed E-state index contributed by atoms with van der Waals surface area (Å²) in [5.41, 5.74) is 0.618. The van der Waals surface area contributed by atoms with Crippen LogP contribution in [0.5, 0.6) is 0 Å². The first kappa shape index (κ1) is 10.5. The van der Waals surface area contributed by atoms with Gasteiger partial charge in [-0.3, -0.25) is 9.78 Å². The summed E-state index contributed by atoms with van der Waals surface area (Å²) in [5.74, 6) is -1.23. The number of fused-ring (bicyclic) bond motifs is 3. The maximum absolute atomic E-state index is 12.0. The van der Waals surface area contributed by atoms with Crippen LogP contribution in [0, 0.1) is 0 Å². The minimum absolute atomic E-state index is 0.259. The van der Waals surface area contributed by atoms with Crippen molar-refractivity contribution in [2.75, 3.05) is 0 Å². The van der Waals surface area contributed by atoms with Crippen LogP contribution < -0.4 is 5.43 Å². The number of benzene rings is 1. The summed E-state index contributed by atoms with van der Waals surface area (Å²) < 4.78 is 0. The van der Waals surface area contributed by atoms with Crippen molar-refractivity contribution in [1.29, 1.82) is 0 Å². The fraction of sp³-hybridized carbons (Fsp3) is 0. The molecule has 0 amide bonds. The SMILES string of the molecule is O=C(O)c1c[nH]c2c(ccc3ncccc32)c1=O. The highest BCUT2D eigenvalue weighted by Crippen LogP contribution is 2.19. The van der Waals surface area contributed by atoms with Crippen molar-refractivity contribution < 1.29 is 9.90 Å². The summed E-state index contributed by atoms with van der Waals surface area (Å²) in [5, 5.41) is 10.1. The van der Waals surface area contributed by atoms with Crippen LogP contribution in [0.15, 0.2) is 41.5 Å². The maximum atomic E-state index is 12.0. The highest BCUT2D eigenvalue weighted by molar-refractivity contribution is 6.05. The first-order valence-corrected chi connectivity index (χ1v) is 5.31. The molecule has 0 atom stereocenters. The Hall–Kier alpha value is -2.69. The third-order valence-electron chi connectivity index (χ3n) is 2.87. The van der Waals surface area contributed by atoms with Gasteiger partial charge < -0.3 is 10.1 Å². The van der Waals surface area contributed by atoms with Crippen molar-refractivity contribution in [3.05, 3.63) is 52.4 Å². The lowest BCUT2D eigenvalue weighted by atomic mass is 10.1. The van der Waals surface area contributed by atoms with Gasteiger partial charge >= 0.3 is 5.97 Å². The zero-order valence-electron chi connectivity index (χ0n) is 9.18. The number of hydrogen-bond acceptors (Lipinski definition) is 3. The molecule has 5 nitrogen and oxygen atoms in total. The number of hydrogen-bond donors (Lipinski definition) is 2. The Morgan fingerprint density at radius 3 is 2.83 bits per heavy atom. The molecule has 0 aliphatic heterocycles. The molecule has 5 heteroatoms. The van der Waals surface area contributed by atoms with Crippen LogP contribution in [0.3, 0.4) is 0 Å². The number of rotatable bonds is 1. The van der Waals surface area contributed by atoms with Crippen LogP contribution in [-0.2, 0) is 0 Å². The van der Waals surface area contributed by atoms with E-state index in [2.05, 4.69) is 9.97 Å². The highest BCUT2D eigenvalue weighted by Gasteiger charge is 2.12. The summed E-state index contributed by atoms with van der Waals surface area (Å²) in [6, 6.07) is 6.90. The average molecular weight is 240 g/mol. The monoisotopic (exact) mass is 240 g/mol. The van der Waals surface area contributed by atoms with Crippen molar-refractivity contribution in [3.8, 4) is 0 Å². The van der Waals surface area contributed by atoms with E-state index in [0.717, 1.165) is 10.9 Å². The van der Waals surface area contributed by atoms with Gasteiger partial charge in [0.2, 0.25) is 5.43 Å². The molecule has 0 bridgehead atoms. The second kappa shape index (κ2) is 3.66. The summed E-state index contributed by atoms with van der Waals surface area (Å²) in [4.78, 5) is 29.9. The molecule has 3 rings (SSSR count). The minimum Gasteiger partial charge on any atom is -0.477 e. The van der Waals surface area contributed by atoms with Gasteiger partial charge in [-0.05, 0) is 24.3 Å². The van der Waals surface area contributed by atoms with E-state index in [9.17, 15) is 9.59 Å². The Morgan fingerprint density at radius 2 is 2.06 bits per heavy atom. The maximum Gasteiger partial charge on any atom is 0.341 e. The number of H-pyrrole nitrogens is 1. The molecular weight excluding hydrogens is 232 g/mol. The van der Waals surface area contributed by atoms with Crippen LogP contribution in [0.1, 0.15) is 10.4 Å². The Labute approximate surface area is 101 Å². The Morgan fingerprint density at radius 1 is 1.22 bits per heavy atom. The van der Waals surface area contributed by atoms with E-state index < -0.39 is 11.4 Å². The molecule has 1 aromatic carbocycles. The van der Waals surface area contributed by atoms with Crippen molar-refractivity contribution in [3.63, 3.8) is 0 Å². The zero-order valence-corrected chi connectivity index (χ0v) is 9.18. The van der Waals surface area contributed by atoms with Crippen molar-refractivity contribution in [1.82, 2.24) is 9.97 Å². The molecule has 0 aliphatic rings. The largest absolute Gasteiger partial charge is 0.477 e. The third-order valence-corrected chi connectivity index (χ3v) is 2.87. The summed E-state index contributed by atoms with van der Waals surface area (Å²) in [6.07, 6.45) is 2.89. The van der Waals surface area contributed by atoms with Crippen molar-refractivity contribution >= 4 is 27.8 Å². The number of aromatic nitrogens is 2. The van der Waals surface area contributed by atoms with E-state index in [1.165, 1.54) is 6.20 Å². The van der Waals surface area contributed by atoms with E-state index in [1.54, 1.807) is 24.4 Å². The van der Waals surface area contributed by atoms with E-state index in [0.29, 0.717) is 10.9 Å². The number of pyridine rings is 2. The number of carbonyl (C=O) groups is 1. The first-order chi connectivity index (χ1) is 8.68. The molecule has 0 unspecified atom stereocenters. The summed E-state index contributed by atoms with van der Waals surface area (Å²) in [7, 11) is 0. The van der Waals surface area contributed by atoms with Gasteiger partial charge in [0.25, 0.3) is 0 Å². The van der Waals surface area contributed by atoms with Crippen LogP contribution >= 0.6 is 0 Å². The topological polar surface area (TPSA) is 83.0 Å². The number of carboxylic acids is 1. The van der Waals surface area contributed by atoms with Crippen LogP contribution in [0.4, 0.5) is 0 Å². The predicted octanol–water partition coefficient (Wildman–Crippen LogP) is 1.77. The lowest BCUT2D eigenvalue weighted by molar-refractivity contribution is 0.0695. The van der Waals surface area contributed by atoms with Crippen molar-refractivity contribution in [2.45, 2.75) is 0 Å². The number of nitrogens with zero attached hydrogens (tertiary/aromatic N) is 1. The van der Waals surface area contributed by atoms with E-state index in [4.69, 9.17) is 5.11 Å². The molecule has 2 aromatic heterocycles. The Bertz CT molecular complexity index is 836. The number of aromatic amines is 1. The smallest absolute Gasteiger partial charge is 0.341 e. The molecule has 0 aliphatic carbocycles. The van der Waals surface area contributed by atoms with E-state index in [1.807, 2.05) is 6.07 Å². The molecule has 18 heavy (non-hydrogen) atoms. The molecule has 2 N–H and O–H groups in total. The molecular formula is C13H8N2O3. The van der Waals surface area contributed by atoms with E-state index in [-0.39, 0.29) is 5.56 Å². The Balaban J connectivity index is 2.52. The molecule has 0 saturated carbocycles. The fourth-order valence-electron chi connectivity index (χ4n) is 2.01. The van der Waals surface area contributed by atoms with Crippen LogP contribution in [-0.4, -0.2) is 21.0 Å². The number of carboxylic acid groups (broad SMARTS) is 1. The fourth-order valence-corrected chi connectivity index (χ4v) is 2.01. The molecule has 0 spiro atoms. The van der Waals surface area contributed by atoms with Crippen LogP contribution in [0.25, 0.3) is 21.8 Å². The van der Waals surface area contributed by atoms with E-state index >= 15 is 0 Å². The molecule has 2 heterocycles. The number of nitrogens with one attached hydrogen (secondary N) is 1. The summed E-state index contributed by atoms with van der Waals surface area (Å²) in [6.45, 7) is 0. The highest BCUT2D eigenvalue weighted by atomic mass is 16.4. The van der Waals surface area contributed by atoms with Gasteiger partial charge in [-0.25, -0.2) is 4.79 Å². The molecule has 3 aromatic rings. The summed E-state index contributed by atoms with van der Waals surface area (Å²) >= 11 is 0. The van der Waals surface area contributed by atoms with Gasteiger partial charge in [0, 0.05) is 23.2 Å². The second-order valence-corrected chi connectivity index (χ2v) is 3.89. The second-order valence-electron chi connectivity index (χ2n) is 3.89. The lowest BCUT2D eigenvalue weighted by Crippen LogP contribution is -2.15. The Kier molecular flexibility index (Phi) is 2.13.